The zero-order valence-electron chi connectivity index (χ0n) is 14.4. The molecule has 2 N–H and O–H groups in total. The van der Waals surface area contributed by atoms with E-state index in [0.717, 1.165) is 22.6 Å². The van der Waals surface area contributed by atoms with Gasteiger partial charge in [-0.3, -0.25) is 10.1 Å². The van der Waals surface area contributed by atoms with Crippen molar-refractivity contribution in [1.29, 1.82) is 0 Å². The largest absolute Gasteiger partial charge is 0.364 e. The number of nitrogens with zero attached hydrogens (tertiary/aromatic N) is 4. The monoisotopic (exact) mass is 370 g/mol. The van der Waals surface area contributed by atoms with Crippen molar-refractivity contribution in [3.8, 4) is 0 Å². The van der Waals surface area contributed by atoms with Gasteiger partial charge in [-0.1, -0.05) is 30.3 Å². The first kappa shape index (κ1) is 17.7. The minimum Gasteiger partial charge on any atom is -0.364 e. The molecule has 0 bridgehead atoms. The summed E-state index contributed by atoms with van der Waals surface area (Å²) in [7, 11) is 0. The van der Waals surface area contributed by atoms with Crippen LogP contribution < -0.4 is 10.6 Å². The van der Waals surface area contributed by atoms with Gasteiger partial charge in [-0.05, 0) is 25.8 Å². The molecule has 3 rings (SSSR count). The number of anilines is 3. The minimum atomic E-state index is -0.486. The van der Waals surface area contributed by atoms with Crippen LogP contribution >= 0.6 is 11.3 Å². The summed E-state index contributed by atoms with van der Waals surface area (Å²) in [4.78, 5) is 24.5. The summed E-state index contributed by atoms with van der Waals surface area (Å²) in [5.74, 6) is 0.314. The Morgan fingerprint density at radius 2 is 1.88 bits per heavy atom. The predicted molar refractivity (Wildman–Crippen MR) is 102 cm³/mol. The fourth-order valence-electron chi connectivity index (χ4n) is 2.37. The van der Waals surface area contributed by atoms with Gasteiger partial charge < -0.3 is 10.6 Å². The lowest BCUT2D eigenvalue weighted by atomic mass is 10.1. The molecule has 1 aromatic carbocycles. The van der Waals surface area contributed by atoms with Gasteiger partial charge >= 0.3 is 5.69 Å². The third kappa shape index (κ3) is 4.12. The number of rotatable bonds is 7. The number of hydrogen-bond acceptors (Lipinski definition) is 8. The maximum Gasteiger partial charge on any atom is 0.353 e. The van der Waals surface area contributed by atoms with E-state index in [9.17, 15) is 10.1 Å². The van der Waals surface area contributed by atoms with E-state index in [-0.39, 0.29) is 17.3 Å². The molecule has 0 aliphatic heterocycles. The molecule has 0 fully saturated rings. The SMILES string of the molecule is Cc1nc(Nc2ncnc(NCCc3ccccc3)c2[N+](=O)[O-])sc1C. The Morgan fingerprint density at radius 1 is 1.15 bits per heavy atom. The second-order valence-corrected chi connectivity index (χ2v) is 6.83. The molecule has 2 aromatic heterocycles. The lowest BCUT2D eigenvalue weighted by Gasteiger charge is -2.09. The second kappa shape index (κ2) is 7.87. The van der Waals surface area contributed by atoms with E-state index >= 15 is 0 Å². The fraction of sp³-hybridized carbons (Fsp3) is 0.235. The number of nitrogens with one attached hydrogen (secondary N) is 2. The topological polar surface area (TPSA) is 106 Å². The molecule has 8 nitrogen and oxygen atoms in total. The zero-order valence-corrected chi connectivity index (χ0v) is 15.2. The van der Waals surface area contributed by atoms with E-state index < -0.39 is 4.92 Å². The molecule has 0 atom stereocenters. The maximum atomic E-state index is 11.6. The van der Waals surface area contributed by atoms with Gasteiger partial charge in [0.15, 0.2) is 5.13 Å². The van der Waals surface area contributed by atoms with E-state index in [0.29, 0.717) is 11.7 Å². The smallest absolute Gasteiger partial charge is 0.353 e. The summed E-state index contributed by atoms with van der Waals surface area (Å²) < 4.78 is 0. The Balaban J connectivity index is 1.78. The molecule has 0 aliphatic carbocycles. The van der Waals surface area contributed by atoms with E-state index in [1.54, 1.807) is 0 Å². The lowest BCUT2D eigenvalue weighted by molar-refractivity contribution is -0.383. The van der Waals surface area contributed by atoms with Gasteiger partial charge in [0.2, 0.25) is 11.6 Å². The summed E-state index contributed by atoms with van der Waals surface area (Å²) >= 11 is 1.42. The van der Waals surface area contributed by atoms with Crippen molar-refractivity contribution >= 4 is 33.8 Å². The van der Waals surface area contributed by atoms with Crippen LogP contribution in [0.5, 0.6) is 0 Å². The molecular formula is C17H18N6O2S. The third-order valence-corrected chi connectivity index (χ3v) is 4.80. The predicted octanol–water partition coefficient (Wildman–Crippen LogP) is 3.86. The van der Waals surface area contributed by atoms with Crippen LogP contribution in [0.25, 0.3) is 0 Å². The highest BCUT2D eigenvalue weighted by Crippen LogP contribution is 2.32. The highest BCUT2D eigenvalue weighted by molar-refractivity contribution is 7.15. The third-order valence-electron chi connectivity index (χ3n) is 3.81. The molecule has 2 heterocycles. The van der Waals surface area contributed by atoms with Crippen LogP contribution in [0.15, 0.2) is 36.7 Å². The quantitative estimate of drug-likeness (QED) is 0.480. The first-order chi connectivity index (χ1) is 12.5. The molecule has 0 spiro atoms. The normalized spacial score (nSPS) is 10.5. The molecule has 0 aliphatic rings. The molecular weight excluding hydrogens is 352 g/mol. The van der Waals surface area contributed by atoms with Crippen molar-refractivity contribution < 1.29 is 4.92 Å². The van der Waals surface area contributed by atoms with Gasteiger partial charge in [-0.2, -0.15) is 0 Å². The number of aryl methyl sites for hydroxylation is 2. The summed E-state index contributed by atoms with van der Waals surface area (Å²) in [6.45, 7) is 4.36. The van der Waals surface area contributed by atoms with Crippen molar-refractivity contribution in [2.24, 2.45) is 0 Å². The maximum absolute atomic E-state index is 11.6. The van der Waals surface area contributed by atoms with E-state index in [1.807, 2.05) is 44.2 Å². The highest BCUT2D eigenvalue weighted by Gasteiger charge is 2.23. The van der Waals surface area contributed by atoms with Gasteiger partial charge in [0.25, 0.3) is 0 Å². The summed E-state index contributed by atoms with van der Waals surface area (Å²) in [5, 5.41) is 18.1. The lowest BCUT2D eigenvalue weighted by Crippen LogP contribution is -2.10. The van der Waals surface area contributed by atoms with Crippen molar-refractivity contribution in [3.63, 3.8) is 0 Å². The number of nitro groups is 1. The number of hydrogen-bond donors (Lipinski definition) is 2. The molecule has 0 saturated heterocycles. The fourth-order valence-corrected chi connectivity index (χ4v) is 3.18. The van der Waals surface area contributed by atoms with Gasteiger partial charge in [-0.15, -0.1) is 11.3 Å². The van der Waals surface area contributed by atoms with Crippen LogP contribution in [0.1, 0.15) is 16.1 Å². The van der Waals surface area contributed by atoms with Crippen molar-refractivity contribution in [1.82, 2.24) is 15.0 Å². The molecule has 26 heavy (non-hydrogen) atoms. The van der Waals surface area contributed by atoms with Crippen LogP contribution in [0.2, 0.25) is 0 Å². The Bertz CT molecular complexity index is 893. The molecule has 0 radical (unpaired) electrons. The molecule has 134 valence electrons. The van der Waals surface area contributed by atoms with Gasteiger partial charge in [0.1, 0.15) is 6.33 Å². The molecule has 3 aromatic rings. The van der Waals surface area contributed by atoms with Gasteiger partial charge in [0.05, 0.1) is 10.6 Å². The van der Waals surface area contributed by atoms with E-state index in [1.165, 1.54) is 17.7 Å². The number of thiazole rings is 1. The Labute approximate surface area is 154 Å². The van der Waals surface area contributed by atoms with Crippen molar-refractivity contribution in [2.45, 2.75) is 20.3 Å². The number of benzene rings is 1. The van der Waals surface area contributed by atoms with Crippen LogP contribution in [0, 0.1) is 24.0 Å². The molecule has 0 saturated carbocycles. The van der Waals surface area contributed by atoms with Crippen LogP contribution in [-0.2, 0) is 6.42 Å². The summed E-state index contributed by atoms with van der Waals surface area (Å²) in [6, 6.07) is 9.89. The van der Waals surface area contributed by atoms with Gasteiger partial charge in [0, 0.05) is 11.4 Å². The number of aromatic nitrogens is 3. The van der Waals surface area contributed by atoms with Gasteiger partial charge in [-0.25, -0.2) is 15.0 Å². The van der Waals surface area contributed by atoms with Crippen LogP contribution in [-0.4, -0.2) is 26.4 Å². The van der Waals surface area contributed by atoms with Crippen molar-refractivity contribution in [3.05, 3.63) is 62.9 Å². The average molecular weight is 370 g/mol. The summed E-state index contributed by atoms with van der Waals surface area (Å²) in [6.07, 6.45) is 2.03. The van der Waals surface area contributed by atoms with Crippen molar-refractivity contribution in [2.75, 3.05) is 17.2 Å². The first-order valence-electron chi connectivity index (χ1n) is 8.03. The molecule has 9 heteroatoms. The zero-order chi connectivity index (χ0) is 18.5. The summed E-state index contributed by atoms with van der Waals surface area (Å²) in [5.41, 5.74) is 1.84. The Kier molecular flexibility index (Phi) is 5.37. The first-order valence-corrected chi connectivity index (χ1v) is 8.84. The molecule has 0 amide bonds. The van der Waals surface area contributed by atoms with Crippen LogP contribution in [0.3, 0.4) is 0 Å². The Hall–Kier alpha value is -3.07. The standard InChI is InChI=1S/C17H18N6O2S/c1-11-12(2)26-17(21-11)22-16-14(23(24)25)15(19-10-20-16)18-9-8-13-6-4-3-5-7-13/h3-7,10H,8-9H2,1-2H3,(H2,18,19,20,21,22). The van der Waals surface area contributed by atoms with Crippen LogP contribution in [0.4, 0.5) is 22.5 Å². The Morgan fingerprint density at radius 3 is 2.54 bits per heavy atom. The average Bonchev–Trinajstić information content (AvgIpc) is 2.93. The van der Waals surface area contributed by atoms with E-state index in [4.69, 9.17) is 0 Å². The minimum absolute atomic E-state index is 0.126. The highest BCUT2D eigenvalue weighted by atomic mass is 32.1. The van der Waals surface area contributed by atoms with E-state index in [2.05, 4.69) is 25.6 Å². The molecule has 0 unspecified atom stereocenters. The second-order valence-electron chi connectivity index (χ2n) is 5.62.